The molecule has 0 heterocycles. The third kappa shape index (κ3) is 2.16. The van der Waals surface area contributed by atoms with Crippen LogP contribution in [-0.4, -0.2) is 44.5 Å². The maximum absolute atomic E-state index is 12.8. The van der Waals surface area contributed by atoms with Crippen LogP contribution < -0.4 is 16.0 Å². The highest BCUT2D eigenvalue weighted by Crippen LogP contribution is 2.77. The molecule has 7 nitrogen and oxygen atoms in total. The Kier molecular flexibility index (Phi) is 4.01. The third-order valence-corrected chi connectivity index (χ3v) is 7.65. The van der Waals surface area contributed by atoms with E-state index in [0.717, 1.165) is 38.5 Å². The van der Waals surface area contributed by atoms with E-state index in [-0.39, 0.29) is 51.5 Å². The Morgan fingerprint density at radius 1 is 1.12 bits per heavy atom. The molecule has 2 bridgehead atoms. The molecule has 138 valence electrons. The van der Waals surface area contributed by atoms with Crippen LogP contribution in [0.4, 0.5) is 0 Å². The molecule has 0 aromatic heterocycles. The lowest BCUT2D eigenvalue weighted by molar-refractivity contribution is -1.09. The third-order valence-electron chi connectivity index (χ3n) is 7.65. The number of quaternary nitrogens is 2. The van der Waals surface area contributed by atoms with E-state index < -0.39 is 0 Å². The lowest BCUT2D eigenvalue weighted by Gasteiger charge is -2.44. The monoisotopic (exact) mass is 341 g/mol. The van der Waals surface area contributed by atoms with Crippen LogP contribution in [0.1, 0.15) is 45.4 Å². The molecule has 4 saturated carbocycles. The number of rotatable bonds is 5. The van der Waals surface area contributed by atoms with Crippen LogP contribution in [0.5, 0.6) is 0 Å². The van der Waals surface area contributed by atoms with E-state index in [0.29, 0.717) is 5.92 Å². The highest BCUT2D eigenvalue weighted by atomic mass is 16.9. The number of hydrogen-bond acceptors (Lipinski definition) is 5. The molecule has 0 aromatic carbocycles. The summed E-state index contributed by atoms with van der Waals surface area (Å²) in [6, 6.07) is -0.623. The van der Waals surface area contributed by atoms with Gasteiger partial charge < -0.3 is 25.9 Å². The first kappa shape index (κ1) is 17.1. The molecular weight excluding hydrogens is 310 g/mol. The minimum absolute atomic E-state index is 0.0326. The first-order valence-corrected chi connectivity index (χ1v) is 9.34. The summed E-state index contributed by atoms with van der Waals surface area (Å²) < 4.78 is 5.72. The quantitative estimate of drug-likeness (QED) is 0.544. The van der Waals surface area contributed by atoms with E-state index in [9.17, 15) is 10.4 Å². The van der Waals surface area contributed by atoms with Gasteiger partial charge in [-0.1, -0.05) is 6.92 Å². The van der Waals surface area contributed by atoms with E-state index in [1.165, 1.54) is 0 Å². The maximum Gasteiger partial charge on any atom is 0.169 e. The van der Waals surface area contributed by atoms with Gasteiger partial charge in [-0.2, -0.15) is 4.84 Å². The topological polar surface area (TPSA) is 99.5 Å². The summed E-state index contributed by atoms with van der Waals surface area (Å²) in [6.07, 6.45) is 5.61. The summed E-state index contributed by atoms with van der Waals surface area (Å²) in [5.74, 6) is 0.472. The van der Waals surface area contributed by atoms with Crippen LogP contribution >= 0.6 is 0 Å². The van der Waals surface area contributed by atoms with Crippen LogP contribution in [0.25, 0.3) is 0 Å². The van der Waals surface area contributed by atoms with Gasteiger partial charge in [-0.05, 0) is 31.6 Å². The van der Waals surface area contributed by atoms with Crippen molar-refractivity contribution in [3.8, 4) is 0 Å². The zero-order chi connectivity index (χ0) is 17.3. The molecule has 4 rings (SSSR count). The van der Waals surface area contributed by atoms with Crippen LogP contribution in [0.3, 0.4) is 0 Å². The van der Waals surface area contributed by atoms with Gasteiger partial charge in [-0.3, -0.25) is 0 Å². The Morgan fingerprint density at radius 2 is 1.79 bits per heavy atom. The minimum atomic E-state index is -0.276. The summed E-state index contributed by atoms with van der Waals surface area (Å²) in [5, 5.41) is 24.7. The van der Waals surface area contributed by atoms with Crippen molar-refractivity contribution in [1.29, 1.82) is 0 Å². The predicted octanol–water partition coefficient (Wildman–Crippen LogP) is -1.23. The van der Waals surface area contributed by atoms with Gasteiger partial charge in [0.15, 0.2) is 6.04 Å². The van der Waals surface area contributed by atoms with Crippen molar-refractivity contribution in [3.05, 3.63) is 10.4 Å². The molecule has 0 saturated heterocycles. The molecule has 4 aliphatic carbocycles. The Bertz CT molecular complexity index is 506. The fourth-order valence-electron chi connectivity index (χ4n) is 6.41. The average Bonchev–Trinajstić information content (AvgIpc) is 3.14. The zero-order valence-corrected chi connectivity index (χ0v) is 14.9. The van der Waals surface area contributed by atoms with Gasteiger partial charge in [0.25, 0.3) is 0 Å². The van der Waals surface area contributed by atoms with Crippen LogP contribution in [0, 0.1) is 27.2 Å². The number of nitrogens with one attached hydrogen (secondary N) is 2. The van der Waals surface area contributed by atoms with E-state index in [1.54, 1.807) is 14.2 Å². The molecule has 0 aromatic rings. The zero-order valence-electron chi connectivity index (χ0n) is 14.9. The molecule has 1 spiro atoms. The number of likely N-dealkylation sites (N-methyl/N-ethyl adjacent to an activating group) is 1. The van der Waals surface area contributed by atoms with Gasteiger partial charge in [0, 0.05) is 36.8 Å². The molecule has 4 N–H and O–H groups in total. The predicted molar refractivity (Wildman–Crippen MR) is 87.5 cm³/mol. The largest absolute Gasteiger partial charge is 0.634 e. The average molecular weight is 341 g/mol. The van der Waals surface area contributed by atoms with Crippen molar-refractivity contribution < 1.29 is 19.9 Å². The van der Waals surface area contributed by atoms with Crippen molar-refractivity contribution in [1.82, 2.24) is 0 Å². The van der Waals surface area contributed by atoms with E-state index in [1.807, 2.05) is 0 Å². The van der Waals surface area contributed by atoms with Crippen LogP contribution in [0.15, 0.2) is 0 Å². The molecule has 24 heavy (non-hydrogen) atoms. The second-order valence-corrected chi connectivity index (χ2v) is 8.87. The maximum atomic E-state index is 12.8. The summed E-state index contributed by atoms with van der Waals surface area (Å²) in [7, 11) is 3.36. The van der Waals surface area contributed by atoms with Crippen LogP contribution in [-0.2, 0) is 9.57 Å². The second kappa shape index (κ2) is 5.61. The fraction of sp³-hybridized carbons (Fsp3) is 1.00. The Morgan fingerprint density at radius 3 is 2.42 bits per heavy atom. The fourth-order valence-corrected chi connectivity index (χ4v) is 6.41. The van der Waals surface area contributed by atoms with Crippen LogP contribution in [0.2, 0.25) is 0 Å². The number of hydroxylamine groups is 4. The first-order chi connectivity index (χ1) is 11.3. The summed E-state index contributed by atoms with van der Waals surface area (Å²) in [4.78, 5) is 6.01. The number of methoxy groups -OCH3 is 1. The van der Waals surface area contributed by atoms with Gasteiger partial charge in [0.2, 0.25) is 0 Å². The highest BCUT2D eigenvalue weighted by molar-refractivity contribution is 5.30. The SMILES string of the molecule is COC1C2C[C@]23C[C@@]1(C)C(N)C3O[NH+]([O-])C1CCCCC1[NH+](C)[O-]. The van der Waals surface area contributed by atoms with Gasteiger partial charge in [0.1, 0.15) is 12.1 Å². The molecule has 10 atom stereocenters. The summed E-state index contributed by atoms with van der Waals surface area (Å²) in [5.41, 5.74) is 6.46. The number of fused-ring (bicyclic) bond motifs is 1. The van der Waals surface area contributed by atoms with Crippen molar-refractivity contribution >= 4 is 0 Å². The summed E-state index contributed by atoms with van der Waals surface area (Å²) in [6.45, 7) is 2.17. The Hall–Kier alpha value is -0.280. The van der Waals surface area contributed by atoms with Gasteiger partial charge >= 0.3 is 0 Å². The number of nitrogens with two attached hydrogens (primary N) is 1. The smallest absolute Gasteiger partial charge is 0.169 e. The van der Waals surface area contributed by atoms with Crippen molar-refractivity contribution in [2.75, 3.05) is 14.2 Å². The standard InChI is InChI=1S/C17H31N3O4/c1-16-9-17(8-10(17)14(16)23-3)15(13(16)18)24-20(22)12-7-5-4-6-11(12)19(2)21/h10-15,19-20H,4-9,18H2,1-3H3/t10?,11?,12?,13?,14?,15?,16-,17-/m0/s1. The molecule has 4 aliphatic rings. The van der Waals surface area contributed by atoms with E-state index in [4.69, 9.17) is 15.3 Å². The van der Waals surface area contributed by atoms with E-state index in [2.05, 4.69) is 6.92 Å². The lowest BCUT2D eigenvalue weighted by Crippen LogP contribution is -3.21. The van der Waals surface area contributed by atoms with Crippen molar-refractivity contribution in [2.45, 2.75) is 75.8 Å². The van der Waals surface area contributed by atoms with Gasteiger partial charge in [0.05, 0.1) is 13.2 Å². The molecule has 7 heteroatoms. The van der Waals surface area contributed by atoms with Crippen molar-refractivity contribution in [2.24, 2.45) is 22.5 Å². The molecule has 4 fully saturated rings. The molecule has 0 radical (unpaired) electrons. The van der Waals surface area contributed by atoms with Crippen molar-refractivity contribution in [3.63, 3.8) is 0 Å². The number of hydrogen-bond donors (Lipinski definition) is 3. The highest BCUT2D eigenvalue weighted by Gasteiger charge is 2.81. The first-order valence-electron chi connectivity index (χ1n) is 9.34. The Balaban J connectivity index is 1.48. The van der Waals surface area contributed by atoms with Gasteiger partial charge in [-0.15, -0.1) is 0 Å². The lowest BCUT2D eigenvalue weighted by atomic mass is 9.78. The molecular formula is C17H31N3O4. The van der Waals surface area contributed by atoms with E-state index >= 15 is 0 Å². The minimum Gasteiger partial charge on any atom is -0.634 e. The molecule has 0 amide bonds. The number of ether oxygens (including phenoxy) is 1. The summed E-state index contributed by atoms with van der Waals surface area (Å²) >= 11 is 0. The normalized spacial score (nSPS) is 55.2. The second-order valence-electron chi connectivity index (χ2n) is 8.87. The Labute approximate surface area is 143 Å². The molecule has 8 unspecified atom stereocenters. The van der Waals surface area contributed by atoms with Gasteiger partial charge in [-0.25, -0.2) is 5.23 Å². The molecule has 0 aliphatic heterocycles.